The number of hydrogen-bond donors (Lipinski definition) is 0. The van der Waals surface area contributed by atoms with Crippen molar-refractivity contribution in [2.24, 2.45) is 10.9 Å². The summed E-state index contributed by atoms with van der Waals surface area (Å²) in [6, 6.07) is 14.6. The third-order valence-electron chi connectivity index (χ3n) is 7.12. The molecule has 0 spiro atoms. The highest BCUT2D eigenvalue weighted by molar-refractivity contribution is 8.18. The summed E-state index contributed by atoms with van der Waals surface area (Å²) >= 11 is 13.9. The van der Waals surface area contributed by atoms with Gasteiger partial charge >= 0.3 is 0 Å². The molecule has 2 aliphatic heterocycles. The summed E-state index contributed by atoms with van der Waals surface area (Å²) in [5.74, 6) is -0.161. The lowest BCUT2D eigenvalue weighted by atomic mass is 9.92. The highest BCUT2D eigenvalue weighted by Crippen LogP contribution is 2.53. The largest absolute Gasteiger partial charge is 0.347 e. The molecule has 2 aliphatic rings. The van der Waals surface area contributed by atoms with E-state index in [0.29, 0.717) is 21.4 Å². The summed E-state index contributed by atoms with van der Waals surface area (Å²) in [6.45, 7) is 10.1. The average molecular weight is 588 g/mol. The second-order valence-corrected chi connectivity index (χ2v) is 12.6. The van der Waals surface area contributed by atoms with Gasteiger partial charge in [0, 0.05) is 35.9 Å². The fourth-order valence-corrected chi connectivity index (χ4v) is 6.88. The molecule has 0 saturated heterocycles. The molecule has 0 unspecified atom stereocenters. The predicted molar refractivity (Wildman–Crippen MR) is 162 cm³/mol. The zero-order chi connectivity index (χ0) is 28.6. The van der Waals surface area contributed by atoms with Crippen LogP contribution in [0.3, 0.4) is 0 Å². The van der Waals surface area contributed by atoms with Gasteiger partial charge in [-0.3, -0.25) is 14.6 Å². The maximum Gasteiger partial charge on any atom is 0.263 e. The number of aliphatic imine (C=N–C) groups is 1. The minimum Gasteiger partial charge on any atom is -0.347 e. The number of allylic oxidation sites excluding steroid dienone is 1. The molecule has 208 valence electrons. The third-order valence-corrected chi connectivity index (χ3v) is 8.70. The maximum absolute atomic E-state index is 14.3. The van der Waals surface area contributed by atoms with Crippen LogP contribution in [0.15, 0.2) is 64.1 Å². The fourth-order valence-electron chi connectivity index (χ4n) is 5.34. The zero-order valence-corrected chi connectivity index (χ0v) is 25.8. The first-order valence-electron chi connectivity index (χ1n) is 13.3. The Balaban J connectivity index is 1.83. The molecule has 0 radical (unpaired) electrons. The van der Waals surface area contributed by atoms with E-state index in [1.165, 1.54) is 11.8 Å². The molecular weight excluding hydrogens is 551 g/mol. The van der Waals surface area contributed by atoms with Crippen LogP contribution in [0.2, 0.25) is 10.0 Å². The molecule has 2 amide bonds. The summed E-state index contributed by atoms with van der Waals surface area (Å²) in [5, 5.41) is 2.12. The second-order valence-electron chi connectivity index (χ2n) is 10.7. The molecule has 6 nitrogen and oxygen atoms in total. The van der Waals surface area contributed by atoms with Crippen molar-refractivity contribution in [1.29, 1.82) is 0 Å². The Kier molecular flexibility index (Phi) is 9.04. The van der Waals surface area contributed by atoms with Crippen LogP contribution in [0.25, 0.3) is 0 Å². The number of likely N-dealkylation sites (N-methyl/N-ethyl adjacent to an activating group) is 1. The number of thioether (sulfide) groups is 1. The number of amides is 2. The molecule has 2 heterocycles. The van der Waals surface area contributed by atoms with Crippen molar-refractivity contribution in [3.63, 3.8) is 0 Å². The normalized spacial score (nSPS) is 19.5. The summed E-state index contributed by atoms with van der Waals surface area (Å²) < 4.78 is 0. The van der Waals surface area contributed by atoms with E-state index in [0.717, 1.165) is 22.0 Å². The molecule has 4 rings (SSSR count). The number of carbonyl (C=O) groups excluding carboxylic acids is 2. The number of fused-ring (bicyclic) bond motifs is 1. The number of nitrogens with zero attached hydrogens (tertiary/aromatic N) is 4. The van der Waals surface area contributed by atoms with Crippen molar-refractivity contribution in [2.75, 3.05) is 14.1 Å². The van der Waals surface area contributed by atoms with Gasteiger partial charge in [-0.25, -0.2) is 0 Å². The SMILES string of the molecule is CC[C@@H](C(=O)N(C)C)N(C(=O)C1=C(C(C)C)N2C(=N[C@@H](c3ccc(Cl)cc3)[C@H]2c2ccc(Cl)cc2)S1)C(C)C. The first-order valence-corrected chi connectivity index (χ1v) is 14.9. The summed E-state index contributed by atoms with van der Waals surface area (Å²) in [5.41, 5.74) is 3.03. The molecular formula is C30H36Cl2N4O2S. The first-order chi connectivity index (χ1) is 18.5. The maximum atomic E-state index is 14.3. The Morgan fingerprint density at radius 3 is 1.95 bits per heavy atom. The van der Waals surface area contributed by atoms with E-state index in [4.69, 9.17) is 28.2 Å². The van der Waals surface area contributed by atoms with Gasteiger partial charge in [-0.05, 0) is 73.3 Å². The molecule has 2 aromatic rings. The Bertz CT molecular complexity index is 1290. The fraction of sp³-hybridized carbons (Fsp3) is 0.433. The van der Waals surface area contributed by atoms with Gasteiger partial charge in [-0.2, -0.15) is 0 Å². The lowest BCUT2D eigenvalue weighted by molar-refractivity contribution is -0.143. The summed E-state index contributed by atoms with van der Waals surface area (Å²) in [7, 11) is 3.46. The van der Waals surface area contributed by atoms with Crippen molar-refractivity contribution < 1.29 is 9.59 Å². The van der Waals surface area contributed by atoms with Crippen molar-refractivity contribution in [3.8, 4) is 0 Å². The minimum atomic E-state index is -0.541. The van der Waals surface area contributed by atoms with Crippen molar-refractivity contribution >= 4 is 51.9 Å². The predicted octanol–water partition coefficient (Wildman–Crippen LogP) is 7.17. The molecule has 9 heteroatoms. The monoisotopic (exact) mass is 586 g/mol. The van der Waals surface area contributed by atoms with Gasteiger partial charge in [0.25, 0.3) is 5.91 Å². The van der Waals surface area contributed by atoms with Crippen molar-refractivity contribution in [1.82, 2.24) is 14.7 Å². The van der Waals surface area contributed by atoms with Gasteiger partial charge in [0.05, 0.1) is 6.04 Å². The van der Waals surface area contributed by atoms with E-state index >= 15 is 0 Å². The van der Waals surface area contributed by atoms with E-state index in [1.807, 2.05) is 69.3 Å². The van der Waals surface area contributed by atoms with E-state index in [1.54, 1.807) is 23.9 Å². The van der Waals surface area contributed by atoms with Crippen LogP contribution < -0.4 is 0 Å². The Hall–Kier alpha value is -2.48. The van der Waals surface area contributed by atoms with E-state index in [2.05, 4.69) is 18.7 Å². The van der Waals surface area contributed by atoms with Gasteiger partial charge in [0.15, 0.2) is 5.17 Å². The molecule has 2 aromatic carbocycles. The van der Waals surface area contributed by atoms with Crippen LogP contribution >= 0.6 is 35.0 Å². The van der Waals surface area contributed by atoms with Crippen LogP contribution in [0, 0.1) is 5.92 Å². The highest BCUT2D eigenvalue weighted by Gasteiger charge is 2.48. The topological polar surface area (TPSA) is 56.2 Å². The third kappa shape index (κ3) is 5.72. The molecule has 0 aromatic heterocycles. The summed E-state index contributed by atoms with van der Waals surface area (Å²) in [6.07, 6.45) is 0.534. The Morgan fingerprint density at radius 2 is 1.49 bits per heavy atom. The first kappa shape index (κ1) is 29.5. The van der Waals surface area contributed by atoms with Crippen molar-refractivity contribution in [2.45, 2.75) is 65.2 Å². The summed E-state index contributed by atoms with van der Waals surface area (Å²) in [4.78, 5) is 38.7. The molecule has 0 bridgehead atoms. The lowest BCUT2D eigenvalue weighted by Gasteiger charge is -2.36. The van der Waals surface area contributed by atoms with Gasteiger partial charge < -0.3 is 14.7 Å². The zero-order valence-electron chi connectivity index (χ0n) is 23.5. The molecule has 0 saturated carbocycles. The second kappa shape index (κ2) is 11.9. The Morgan fingerprint density at radius 1 is 0.949 bits per heavy atom. The molecule has 3 atom stereocenters. The Labute approximate surface area is 246 Å². The smallest absolute Gasteiger partial charge is 0.263 e. The van der Waals surface area contributed by atoms with Gasteiger partial charge in [0.2, 0.25) is 5.91 Å². The van der Waals surface area contributed by atoms with E-state index in [-0.39, 0.29) is 35.9 Å². The van der Waals surface area contributed by atoms with E-state index in [9.17, 15) is 9.59 Å². The van der Waals surface area contributed by atoms with Crippen LogP contribution in [-0.2, 0) is 9.59 Å². The standard InChI is InChI=1S/C30H36Cl2N4O2S/c1-8-23(28(37)34(6)7)35(18(4)5)29(38)27-25(17(2)3)36-26(20-11-15-22(32)16-12-20)24(33-30(36)39-27)19-9-13-21(31)14-10-19/h9-18,23-24,26H,8H2,1-7H3/t23-,24-,26+/m0/s1. The average Bonchev–Trinajstić information content (AvgIpc) is 3.43. The van der Waals surface area contributed by atoms with E-state index < -0.39 is 6.04 Å². The molecule has 0 N–H and O–H groups in total. The van der Waals surface area contributed by atoms with Gasteiger partial charge in [-0.1, -0.05) is 68.2 Å². The highest BCUT2D eigenvalue weighted by atomic mass is 35.5. The quantitative estimate of drug-likeness (QED) is 0.329. The van der Waals surface area contributed by atoms with Crippen LogP contribution in [0.4, 0.5) is 0 Å². The number of carbonyl (C=O) groups is 2. The minimum absolute atomic E-state index is 0.0431. The molecule has 39 heavy (non-hydrogen) atoms. The lowest BCUT2D eigenvalue weighted by Crippen LogP contribution is -2.52. The van der Waals surface area contributed by atoms with Crippen LogP contribution in [-0.4, -0.2) is 57.9 Å². The number of rotatable bonds is 8. The molecule has 0 aliphatic carbocycles. The van der Waals surface area contributed by atoms with Crippen LogP contribution in [0.1, 0.15) is 64.3 Å². The number of hydrogen-bond acceptors (Lipinski definition) is 5. The molecule has 0 fully saturated rings. The van der Waals surface area contributed by atoms with Crippen LogP contribution in [0.5, 0.6) is 0 Å². The number of benzene rings is 2. The van der Waals surface area contributed by atoms with Gasteiger partial charge in [-0.15, -0.1) is 0 Å². The number of amidine groups is 1. The van der Waals surface area contributed by atoms with Gasteiger partial charge in [0.1, 0.15) is 17.0 Å². The van der Waals surface area contributed by atoms with Crippen molar-refractivity contribution in [3.05, 3.63) is 80.3 Å². The number of halogens is 2.